The van der Waals surface area contributed by atoms with Crippen molar-refractivity contribution < 1.29 is 44.6 Å². The largest absolute Gasteiger partial charge is 0.416 e. The van der Waals surface area contributed by atoms with Gasteiger partial charge in [0.1, 0.15) is 6.17 Å². The Morgan fingerprint density at radius 1 is 0.923 bits per heavy atom. The summed E-state index contributed by atoms with van der Waals surface area (Å²) in [6, 6.07) is 3.30. The normalized spacial score (nSPS) is 26.6. The average molecular weight is 745 g/mol. The predicted octanol–water partition coefficient (Wildman–Crippen LogP) is 10.0. The number of piperidine rings is 1. The van der Waals surface area contributed by atoms with Crippen LogP contribution in [0.3, 0.4) is 0 Å². The second-order valence-electron chi connectivity index (χ2n) is 15.9. The highest BCUT2D eigenvalue weighted by Gasteiger charge is 2.50. The summed E-state index contributed by atoms with van der Waals surface area (Å²) in [6.45, 7) is 4.97. The van der Waals surface area contributed by atoms with Crippen LogP contribution in [-0.4, -0.2) is 58.1 Å². The number of benzene rings is 1. The Labute approximate surface area is 297 Å². The molecule has 1 saturated heterocycles. The van der Waals surface area contributed by atoms with Gasteiger partial charge in [-0.2, -0.15) is 26.3 Å². The monoisotopic (exact) mass is 744 g/mol. The van der Waals surface area contributed by atoms with Gasteiger partial charge in [0, 0.05) is 61.9 Å². The van der Waals surface area contributed by atoms with Crippen molar-refractivity contribution in [2.75, 3.05) is 18.0 Å². The zero-order chi connectivity index (χ0) is 37.6. The molecule has 0 radical (unpaired) electrons. The van der Waals surface area contributed by atoms with Gasteiger partial charge in [0.2, 0.25) is 11.9 Å². The number of dihydropyridines is 1. The lowest BCUT2D eigenvalue weighted by Gasteiger charge is -2.48. The van der Waals surface area contributed by atoms with Crippen LogP contribution in [0.2, 0.25) is 0 Å². The van der Waals surface area contributed by atoms with E-state index in [1.54, 1.807) is 0 Å². The molecule has 4 aliphatic rings. The number of aryl methyl sites for hydroxylation is 1. The van der Waals surface area contributed by atoms with Crippen LogP contribution in [0.25, 0.3) is 0 Å². The number of fused-ring (bicyclic) bond motifs is 1. The van der Waals surface area contributed by atoms with E-state index in [0.717, 1.165) is 24.3 Å². The number of hydrogen-bond acceptors (Lipinski definition) is 5. The lowest BCUT2D eigenvalue weighted by molar-refractivity contribution is -0.137. The van der Waals surface area contributed by atoms with Gasteiger partial charge >= 0.3 is 12.4 Å². The van der Waals surface area contributed by atoms with E-state index in [1.165, 1.54) is 12.4 Å². The third-order valence-corrected chi connectivity index (χ3v) is 11.3. The van der Waals surface area contributed by atoms with Crippen LogP contribution in [-0.2, 0) is 12.6 Å². The van der Waals surface area contributed by atoms with Gasteiger partial charge in [-0.05, 0) is 91.9 Å². The van der Waals surface area contributed by atoms with Gasteiger partial charge in [-0.15, -0.1) is 0 Å². The van der Waals surface area contributed by atoms with Crippen molar-refractivity contribution in [2.45, 2.75) is 121 Å². The maximum absolute atomic E-state index is 17.3. The fourth-order valence-corrected chi connectivity index (χ4v) is 8.75. The first-order valence-corrected chi connectivity index (χ1v) is 18.1. The van der Waals surface area contributed by atoms with E-state index in [0.29, 0.717) is 67.1 Å². The molecule has 52 heavy (non-hydrogen) atoms. The molecule has 2 aromatic rings. The summed E-state index contributed by atoms with van der Waals surface area (Å²) in [4.78, 5) is 15.9. The number of aliphatic hydroxyl groups is 1. The minimum Gasteiger partial charge on any atom is -0.388 e. The molecule has 2 aliphatic carbocycles. The summed E-state index contributed by atoms with van der Waals surface area (Å²) in [7, 11) is 0. The summed E-state index contributed by atoms with van der Waals surface area (Å²) >= 11 is 0. The highest BCUT2D eigenvalue weighted by Crippen LogP contribution is 2.54. The summed E-state index contributed by atoms with van der Waals surface area (Å²) in [5, 5.41) is 11.6. The number of rotatable bonds is 8. The quantitative estimate of drug-likeness (QED) is 0.274. The lowest BCUT2D eigenvalue weighted by atomic mass is 9.62. The van der Waals surface area contributed by atoms with Crippen LogP contribution in [0.5, 0.6) is 0 Å². The van der Waals surface area contributed by atoms with Crippen LogP contribution in [0.1, 0.15) is 101 Å². The zero-order valence-electron chi connectivity index (χ0n) is 29.3. The molecule has 2 saturated carbocycles. The van der Waals surface area contributed by atoms with Gasteiger partial charge in [0.25, 0.3) is 0 Å². The number of aliphatic imine (C=N–C) groups is 1. The highest BCUT2D eigenvalue weighted by atomic mass is 19.4. The van der Waals surface area contributed by atoms with Gasteiger partial charge < -0.3 is 10.0 Å². The lowest BCUT2D eigenvalue weighted by Crippen LogP contribution is -2.48. The zero-order valence-corrected chi connectivity index (χ0v) is 29.3. The molecule has 1 N–H and O–H groups in total. The van der Waals surface area contributed by atoms with E-state index in [-0.39, 0.29) is 55.4 Å². The van der Waals surface area contributed by atoms with Crippen molar-refractivity contribution >= 4 is 11.7 Å². The van der Waals surface area contributed by atoms with Gasteiger partial charge in [-0.3, -0.25) is 4.99 Å². The second-order valence-corrected chi connectivity index (χ2v) is 15.9. The Hall–Kier alpha value is -3.16. The minimum atomic E-state index is -4.61. The Balaban J connectivity index is 1.30. The molecule has 6 rings (SSSR count). The van der Waals surface area contributed by atoms with Crippen LogP contribution in [0.15, 0.2) is 52.8 Å². The third kappa shape index (κ3) is 8.79. The number of hydrogen-bond donors (Lipinski definition) is 1. The van der Waals surface area contributed by atoms with Gasteiger partial charge in [0.05, 0.1) is 17.7 Å². The number of halogens is 9. The molecule has 3 fully saturated rings. The Morgan fingerprint density at radius 2 is 1.54 bits per heavy atom. The minimum absolute atomic E-state index is 0.0349. The van der Waals surface area contributed by atoms with E-state index in [1.807, 2.05) is 18.7 Å². The fourth-order valence-electron chi connectivity index (χ4n) is 8.75. The maximum Gasteiger partial charge on any atom is 0.416 e. The van der Waals surface area contributed by atoms with E-state index in [2.05, 4.69) is 9.97 Å². The van der Waals surface area contributed by atoms with Gasteiger partial charge in [-0.1, -0.05) is 31.6 Å². The Kier molecular flexibility index (Phi) is 10.8. The number of nitrogens with zero attached hydrogens (tertiary/aromatic N) is 4. The molecular weight excluding hydrogens is 699 g/mol. The number of alkyl halides is 9. The first-order chi connectivity index (χ1) is 24.3. The standard InChI is InChI=1S/C38H45F9N4O/c1-35(2)18-27-30(28(52)19-35)29(23-9-14-36(40,41)15-10-23)31(32(39)24-5-7-26(8-6-24)38(45,46)47)33(50-27)25-11-16-51(17-12-25)34-48-20-22(21-49-34)4-3-13-37(42,43)44/h5-8,20-21,23,25,28,31-33,52H,3-4,9-19H2,1-2H3/t28-,31?,32-,33?/m0/s1. The van der Waals surface area contributed by atoms with Crippen LogP contribution < -0.4 is 4.90 Å². The summed E-state index contributed by atoms with van der Waals surface area (Å²) in [6.07, 6.45) is -7.98. The smallest absolute Gasteiger partial charge is 0.388 e. The molecule has 5 nitrogen and oxygen atoms in total. The molecule has 0 bridgehead atoms. The SMILES string of the molecule is CC1(C)CC2=NC(C3CCN(c4ncc(CCCC(F)(F)F)cn4)CC3)C([C@@H](F)c3ccc(C(F)(F)F)cc3)C(C3CCC(F)(F)CC3)=C2[C@@H](O)C1. The number of anilines is 1. The molecule has 2 aliphatic heterocycles. The van der Waals surface area contributed by atoms with E-state index >= 15 is 4.39 Å². The van der Waals surface area contributed by atoms with Crippen molar-refractivity contribution in [1.82, 2.24) is 9.97 Å². The molecule has 2 unspecified atom stereocenters. The molecule has 4 atom stereocenters. The highest BCUT2D eigenvalue weighted by molar-refractivity contribution is 6.04. The summed E-state index contributed by atoms with van der Waals surface area (Å²) in [5.41, 5.74) is 1.15. The second kappa shape index (κ2) is 14.6. The molecule has 0 spiro atoms. The third-order valence-electron chi connectivity index (χ3n) is 11.3. The molecule has 286 valence electrons. The van der Waals surface area contributed by atoms with Crippen LogP contribution >= 0.6 is 0 Å². The summed E-state index contributed by atoms with van der Waals surface area (Å²) < 4.78 is 124. The molecular formula is C38H45F9N4O. The van der Waals surface area contributed by atoms with E-state index in [9.17, 15) is 40.2 Å². The number of aliphatic hydroxyl groups excluding tert-OH is 1. The molecule has 1 aromatic carbocycles. The van der Waals surface area contributed by atoms with Crippen molar-refractivity contribution in [3.63, 3.8) is 0 Å². The van der Waals surface area contributed by atoms with Crippen molar-refractivity contribution in [1.29, 1.82) is 0 Å². The Morgan fingerprint density at radius 3 is 2.12 bits per heavy atom. The van der Waals surface area contributed by atoms with Gasteiger partial charge in [0.15, 0.2) is 0 Å². The average Bonchev–Trinajstić information content (AvgIpc) is 3.06. The first-order valence-electron chi connectivity index (χ1n) is 18.1. The fraction of sp³-hybridized carbons (Fsp3) is 0.658. The Bertz CT molecular complexity index is 1600. The molecule has 14 heteroatoms. The van der Waals surface area contributed by atoms with Crippen molar-refractivity contribution in [3.05, 3.63) is 64.5 Å². The maximum atomic E-state index is 17.3. The van der Waals surface area contributed by atoms with Crippen molar-refractivity contribution in [2.24, 2.45) is 28.2 Å². The predicted molar refractivity (Wildman–Crippen MR) is 179 cm³/mol. The van der Waals surface area contributed by atoms with Crippen molar-refractivity contribution in [3.8, 4) is 0 Å². The van der Waals surface area contributed by atoms with E-state index in [4.69, 9.17) is 4.99 Å². The van der Waals surface area contributed by atoms with Gasteiger partial charge in [-0.25, -0.2) is 23.1 Å². The van der Waals surface area contributed by atoms with Crippen LogP contribution in [0.4, 0.5) is 45.5 Å². The first kappa shape index (κ1) is 38.6. The topological polar surface area (TPSA) is 61.6 Å². The number of aromatic nitrogens is 2. The van der Waals surface area contributed by atoms with Crippen LogP contribution in [0, 0.1) is 23.2 Å². The summed E-state index contributed by atoms with van der Waals surface area (Å²) in [5.74, 6) is -4.05. The molecule has 1 aromatic heterocycles. The van der Waals surface area contributed by atoms with E-state index < -0.39 is 60.4 Å². The molecule has 0 amide bonds. The molecule has 3 heterocycles.